The first-order valence-electron chi connectivity index (χ1n) is 5.98. The molecule has 1 nitrogen and oxygen atoms in total. The fraction of sp³-hybridized carbons (Fsp3) is 0.200. The van der Waals surface area contributed by atoms with Crippen molar-refractivity contribution in [1.29, 1.82) is 0 Å². The Hall–Kier alpha value is -1.48. The van der Waals surface area contributed by atoms with E-state index in [4.69, 9.17) is 0 Å². The van der Waals surface area contributed by atoms with Crippen LogP contribution in [0.4, 0.5) is 15.3 Å². The van der Waals surface area contributed by atoms with Crippen molar-refractivity contribution < 1.29 is 3.89 Å². The van der Waals surface area contributed by atoms with Gasteiger partial charge < -0.3 is 5.32 Å². The molecule has 0 amide bonds. The fourth-order valence-corrected chi connectivity index (χ4v) is 2.37. The second kappa shape index (κ2) is 5.91. The monoisotopic (exact) mass is 261 g/mol. The Morgan fingerprint density at radius 2 is 1.89 bits per heavy atom. The molecule has 0 aliphatic rings. The summed E-state index contributed by atoms with van der Waals surface area (Å²) < 4.78 is 12.8. The molecule has 1 N–H and O–H groups in total. The van der Waals surface area contributed by atoms with Gasteiger partial charge >= 0.3 is 0 Å². The summed E-state index contributed by atoms with van der Waals surface area (Å²) in [5.41, 5.74) is 4.18. The molecule has 2 aromatic rings. The van der Waals surface area contributed by atoms with Crippen LogP contribution in [0, 0.1) is 6.92 Å². The van der Waals surface area contributed by atoms with E-state index in [1.54, 1.807) is 0 Å². The summed E-state index contributed by atoms with van der Waals surface area (Å²) in [4.78, 5) is 0.690. The van der Waals surface area contributed by atoms with Crippen LogP contribution in [-0.4, -0.2) is 0 Å². The molecule has 0 aliphatic heterocycles. The highest BCUT2D eigenvalue weighted by molar-refractivity contribution is 7.94. The highest BCUT2D eigenvalue weighted by Gasteiger charge is 2.04. The Morgan fingerprint density at radius 1 is 1.11 bits per heavy atom. The largest absolute Gasteiger partial charge is 0.355 e. The summed E-state index contributed by atoms with van der Waals surface area (Å²) in [5.74, 6) is 0. The van der Waals surface area contributed by atoms with Gasteiger partial charge in [-0.15, -0.1) is 0 Å². The number of nitrogens with one attached hydrogen (secondary N) is 1. The minimum Gasteiger partial charge on any atom is -0.355 e. The number of hydrogen-bond acceptors (Lipinski definition) is 2. The van der Waals surface area contributed by atoms with Gasteiger partial charge in [0.15, 0.2) is 0 Å². The first-order valence-corrected chi connectivity index (χ1v) is 6.70. The smallest absolute Gasteiger partial charge is 0.0815 e. The van der Waals surface area contributed by atoms with Crippen molar-refractivity contribution in [2.75, 3.05) is 5.32 Å². The van der Waals surface area contributed by atoms with Crippen molar-refractivity contribution in [2.45, 2.75) is 25.2 Å². The molecule has 0 heterocycles. The lowest BCUT2D eigenvalue weighted by atomic mass is 10.1. The van der Waals surface area contributed by atoms with Gasteiger partial charge in [-0.3, -0.25) is 0 Å². The van der Waals surface area contributed by atoms with Gasteiger partial charge in [-0.25, -0.2) is 0 Å². The SMILES string of the molecule is CCc1ccc(Nc2cccc(C)c2)cc1SF. The van der Waals surface area contributed by atoms with E-state index in [2.05, 4.69) is 11.4 Å². The zero-order valence-electron chi connectivity index (χ0n) is 10.5. The van der Waals surface area contributed by atoms with Crippen LogP contribution in [0.1, 0.15) is 18.1 Å². The Labute approximate surface area is 112 Å². The second-order valence-corrected chi connectivity index (χ2v) is 4.84. The number of hydrogen-bond donors (Lipinski definition) is 1. The quantitative estimate of drug-likeness (QED) is 0.803. The van der Waals surface area contributed by atoms with Gasteiger partial charge in [0.25, 0.3) is 0 Å². The first kappa shape index (κ1) is 13.0. The van der Waals surface area contributed by atoms with Crippen LogP contribution in [0.2, 0.25) is 0 Å². The van der Waals surface area contributed by atoms with Gasteiger partial charge in [-0.1, -0.05) is 25.1 Å². The lowest BCUT2D eigenvalue weighted by Crippen LogP contribution is -1.92. The van der Waals surface area contributed by atoms with Crippen LogP contribution in [0.5, 0.6) is 0 Å². The molecule has 94 valence electrons. The maximum absolute atomic E-state index is 12.8. The number of rotatable bonds is 4. The summed E-state index contributed by atoms with van der Waals surface area (Å²) >= 11 is 0.308. The van der Waals surface area contributed by atoms with Crippen LogP contribution in [0.25, 0.3) is 0 Å². The van der Waals surface area contributed by atoms with Gasteiger partial charge in [0.1, 0.15) is 0 Å². The Morgan fingerprint density at radius 3 is 2.56 bits per heavy atom. The molecule has 0 aromatic heterocycles. The average molecular weight is 261 g/mol. The van der Waals surface area contributed by atoms with E-state index >= 15 is 0 Å². The van der Waals surface area contributed by atoms with Crippen molar-refractivity contribution in [3.63, 3.8) is 0 Å². The van der Waals surface area contributed by atoms with E-state index in [0.29, 0.717) is 17.0 Å². The van der Waals surface area contributed by atoms with Crippen molar-refractivity contribution in [1.82, 2.24) is 0 Å². The molecule has 0 unspecified atom stereocenters. The van der Waals surface area contributed by atoms with E-state index in [9.17, 15) is 3.89 Å². The third-order valence-corrected chi connectivity index (χ3v) is 3.38. The molecule has 0 bridgehead atoms. The topological polar surface area (TPSA) is 12.0 Å². The summed E-state index contributed by atoms with van der Waals surface area (Å²) in [7, 11) is 0. The first-order chi connectivity index (χ1) is 8.72. The second-order valence-electron chi connectivity index (χ2n) is 4.25. The summed E-state index contributed by atoms with van der Waals surface area (Å²) in [6, 6.07) is 13.9. The molecule has 0 saturated carbocycles. The van der Waals surface area contributed by atoms with Crippen LogP contribution >= 0.6 is 12.1 Å². The van der Waals surface area contributed by atoms with Crippen LogP contribution in [-0.2, 0) is 6.42 Å². The fourth-order valence-electron chi connectivity index (χ4n) is 1.89. The standard InChI is InChI=1S/C15H16FNS/c1-3-12-7-8-14(10-15(12)18-16)17-13-6-4-5-11(2)9-13/h4-10,17H,3H2,1-2H3. The summed E-state index contributed by atoms with van der Waals surface area (Å²) in [6.45, 7) is 4.08. The van der Waals surface area contributed by atoms with Crippen molar-refractivity contribution in [3.05, 3.63) is 53.6 Å². The van der Waals surface area contributed by atoms with Crippen molar-refractivity contribution in [3.8, 4) is 0 Å². The Kier molecular flexibility index (Phi) is 4.26. The van der Waals surface area contributed by atoms with Crippen LogP contribution in [0.3, 0.4) is 0 Å². The van der Waals surface area contributed by atoms with Crippen molar-refractivity contribution in [2.24, 2.45) is 0 Å². The molecule has 0 radical (unpaired) electrons. The lowest BCUT2D eigenvalue weighted by molar-refractivity contribution is 0.926. The minimum absolute atomic E-state index is 0.308. The van der Waals surface area contributed by atoms with E-state index in [1.807, 2.05) is 50.2 Å². The van der Waals surface area contributed by atoms with Gasteiger partial charge in [0.2, 0.25) is 0 Å². The van der Waals surface area contributed by atoms with Gasteiger partial charge in [-0.05, 0) is 48.7 Å². The lowest BCUT2D eigenvalue weighted by Gasteiger charge is -2.10. The van der Waals surface area contributed by atoms with E-state index in [-0.39, 0.29) is 0 Å². The predicted octanol–water partition coefficient (Wildman–Crippen LogP) is 5.28. The molecule has 2 aromatic carbocycles. The minimum atomic E-state index is 0.308. The van der Waals surface area contributed by atoms with Crippen LogP contribution < -0.4 is 5.32 Å². The maximum atomic E-state index is 12.8. The third-order valence-electron chi connectivity index (χ3n) is 2.84. The predicted molar refractivity (Wildman–Crippen MR) is 77.2 cm³/mol. The zero-order chi connectivity index (χ0) is 13.0. The van der Waals surface area contributed by atoms with Crippen LogP contribution in [0.15, 0.2) is 47.4 Å². The normalized spacial score (nSPS) is 10.4. The average Bonchev–Trinajstić information content (AvgIpc) is 2.38. The molecular formula is C15H16FNS. The molecule has 18 heavy (non-hydrogen) atoms. The van der Waals surface area contributed by atoms with E-state index in [1.165, 1.54) is 5.56 Å². The molecule has 0 aliphatic carbocycles. The highest BCUT2D eigenvalue weighted by atomic mass is 32.2. The summed E-state index contributed by atoms with van der Waals surface area (Å²) in [6.07, 6.45) is 0.844. The number of aryl methyl sites for hydroxylation is 2. The Balaban J connectivity index is 2.24. The molecule has 2 rings (SSSR count). The molecule has 0 spiro atoms. The molecule has 0 saturated heterocycles. The highest BCUT2D eigenvalue weighted by Crippen LogP contribution is 2.28. The summed E-state index contributed by atoms with van der Waals surface area (Å²) in [5, 5.41) is 3.29. The number of anilines is 2. The Bertz CT molecular complexity index is 540. The molecular weight excluding hydrogens is 245 g/mol. The molecule has 3 heteroatoms. The zero-order valence-corrected chi connectivity index (χ0v) is 11.4. The van der Waals surface area contributed by atoms with Gasteiger partial charge in [0, 0.05) is 16.3 Å². The van der Waals surface area contributed by atoms with Gasteiger partial charge in [-0.2, -0.15) is 3.89 Å². The van der Waals surface area contributed by atoms with Gasteiger partial charge in [0.05, 0.1) is 12.1 Å². The van der Waals surface area contributed by atoms with Crippen molar-refractivity contribution >= 4 is 23.5 Å². The number of halogens is 1. The number of benzene rings is 2. The molecule has 0 fully saturated rings. The van der Waals surface area contributed by atoms with E-state index in [0.717, 1.165) is 23.4 Å². The van der Waals surface area contributed by atoms with E-state index < -0.39 is 0 Å². The molecule has 0 atom stereocenters. The third kappa shape index (κ3) is 3.05. The maximum Gasteiger partial charge on any atom is 0.0815 e.